The number of Topliss-reactive ketones (excluding diaryl/α,β-unsaturated/α-hetero) is 1. The Morgan fingerprint density at radius 3 is 2.55 bits per heavy atom. The lowest BCUT2D eigenvalue weighted by atomic mass is 10.0. The molecular weight excluding hydrogens is 388 g/mol. The van der Waals surface area contributed by atoms with Crippen LogP contribution in [0.15, 0.2) is 90.9 Å². The Balaban J connectivity index is 1.84. The van der Waals surface area contributed by atoms with Gasteiger partial charge in [0.2, 0.25) is 5.78 Å². The maximum atomic E-state index is 13.1. The standard InChI is InChI=1S/C25H18N4O2/c1-31-23-12-6-5-11-22(23)25(30)19(15-26)14-20-17-29(21-9-3-2-4-10-21)28-24(20)18-8-7-13-27-16-18/h2-14,16-17H,1H3/b19-14+. The molecule has 0 amide bonds. The molecule has 0 fully saturated rings. The maximum absolute atomic E-state index is 13.1. The number of para-hydroxylation sites is 2. The van der Waals surface area contributed by atoms with E-state index < -0.39 is 5.78 Å². The van der Waals surface area contributed by atoms with E-state index in [0.29, 0.717) is 22.6 Å². The second kappa shape index (κ2) is 8.89. The van der Waals surface area contributed by atoms with Gasteiger partial charge in [-0.25, -0.2) is 4.68 Å². The van der Waals surface area contributed by atoms with Crippen LogP contribution in [0.25, 0.3) is 23.0 Å². The molecule has 0 atom stereocenters. The molecule has 0 bridgehead atoms. The van der Waals surface area contributed by atoms with Crippen molar-refractivity contribution in [2.24, 2.45) is 0 Å². The molecule has 0 saturated heterocycles. The molecule has 2 aromatic heterocycles. The molecule has 0 saturated carbocycles. The van der Waals surface area contributed by atoms with Crippen molar-refractivity contribution in [1.29, 1.82) is 5.26 Å². The highest BCUT2D eigenvalue weighted by molar-refractivity contribution is 6.15. The Morgan fingerprint density at radius 2 is 1.84 bits per heavy atom. The zero-order chi connectivity index (χ0) is 21.6. The summed E-state index contributed by atoms with van der Waals surface area (Å²) in [4.78, 5) is 17.2. The third kappa shape index (κ3) is 4.11. The largest absolute Gasteiger partial charge is 0.496 e. The average Bonchev–Trinajstić information content (AvgIpc) is 3.27. The molecule has 31 heavy (non-hydrogen) atoms. The lowest BCUT2D eigenvalue weighted by Crippen LogP contribution is -2.04. The predicted molar refractivity (Wildman–Crippen MR) is 118 cm³/mol. The number of pyridine rings is 1. The number of aromatic nitrogens is 3. The van der Waals surface area contributed by atoms with Gasteiger partial charge in [0.1, 0.15) is 23.1 Å². The Hall–Kier alpha value is -4.50. The van der Waals surface area contributed by atoms with E-state index in [2.05, 4.69) is 4.98 Å². The molecule has 150 valence electrons. The number of methoxy groups -OCH3 is 1. The first kappa shape index (κ1) is 19.8. The summed E-state index contributed by atoms with van der Waals surface area (Å²) in [6, 6.07) is 22.2. The highest BCUT2D eigenvalue weighted by atomic mass is 16.5. The summed E-state index contributed by atoms with van der Waals surface area (Å²) in [7, 11) is 1.49. The van der Waals surface area contributed by atoms with Gasteiger partial charge in [-0.1, -0.05) is 30.3 Å². The fourth-order valence-corrected chi connectivity index (χ4v) is 3.21. The molecule has 0 radical (unpaired) electrons. The van der Waals surface area contributed by atoms with Crippen molar-refractivity contribution < 1.29 is 9.53 Å². The fourth-order valence-electron chi connectivity index (χ4n) is 3.21. The lowest BCUT2D eigenvalue weighted by Gasteiger charge is -2.06. The molecule has 0 aliphatic carbocycles. The van der Waals surface area contributed by atoms with Gasteiger partial charge < -0.3 is 4.74 Å². The van der Waals surface area contributed by atoms with Crippen LogP contribution in [0.1, 0.15) is 15.9 Å². The summed E-state index contributed by atoms with van der Waals surface area (Å²) in [6.45, 7) is 0. The molecule has 0 N–H and O–H groups in total. The van der Waals surface area contributed by atoms with Crippen molar-refractivity contribution in [3.8, 4) is 28.8 Å². The van der Waals surface area contributed by atoms with Crippen LogP contribution < -0.4 is 4.74 Å². The van der Waals surface area contributed by atoms with E-state index in [9.17, 15) is 10.1 Å². The van der Waals surface area contributed by atoms with Crippen LogP contribution in [0.4, 0.5) is 0 Å². The van der Waals surface area contributed by atoms with Gasteiger partial charge in [-0.15, -0.1) is 0 Å². The highest BCUT2D eigenvalue weighted by Crippen LogP contribution is 2.27. The molecule has 6 nitrogen and oxygen atoms in total. The molecule has 6 heteroatoms. The quantitative estimate of drug-likeness (QED) is 0.263. The van der Waals surface area contributed by atoms with E-state index in [1.807, 2.05) is 48.5 Å². The zero-order valence-electron chi connectivity index (χ0n) is 16.8. The number of carbonyl (C=O) groups is 1. The molecular formula is C25H18N4O2. The van der Waals surface area contributed by atoms with Crippen LogP contribution in [0.3, 0.4) is 0 Å². The van der Waals surface area contributed by atoms with Gasteiger partial charge in [0.25, 0.3) is 0 Å². The number of carbonyl (C=O) groups excluding carboxylic acids is 1. The number of benzene rings is 2. The second-order valence-corrected chi connectivity index (χ2v) is 6.65. The van der Waals surface area contributed by atoms with Gasteiger partial charge in [0.15, 0.2) is 0 Å². The summed E-state index contributed by atoms with van der Waals surface area (Å²) in [5.74, 6) is 0.00524. The Morgan fingerprint density at radius 1 is 1.06 bits per heavy atom. The molecule has 0 aliphatic heterocycles. The fraction of sp³-hybridized carbons (Fsp3) is 0.0400. The topological polar surface area (TPSA) is 80.8 Å². The molecule has 4 aromatic rings. The van der Waals surface area contributed by atoms with Gasteiger partial charge >= 0.3 is 0 Å². The normalized spacial score (nSPS) is 11.0. The highest BCUT2D eigenvalue weighted by Gasteiger charge is 2.19. The monoisotopic (exact) mass is 406 g/mol. The van der Waals surface area contributed by atoms with Gasteiger partial charge in [-0.2, -0.15) is 10.4 Å². The lowest BCUT2D eigenvalue weighted by molar-refractivity contribution is 0.103. The van der Waals surface area contributed by atoms with Gasteiger partial charge in [0.05, 0.1) is 18.4 Å². The molecule has 0 spiro atoms. The minimum absolute atomic E-state index is 0.0118. The van der Waals surface area contributed by atoms with Crippen LogP contribution in [-0.2, 0) is 0 Å². The van der Waals surface area contributed by atoms with E-state index >= 15 is 0 Å². The van der Waals surface area contributed by atoms with E-state index in [0.717, 1.165) is 11.3 Å². The summed E-state index contributed by atoms with van der Waals surface area (Å²) in [5.41, 5.74) is 3.22. The SMILES string of the molecule is COc1ccccc1C(=O)/C(C#N)=C/c1cn(-c2ccccc2)nc1-c1cccnc1. The molecule has 2 aromatic carbocycles. The van der Waals surface area contributed by atoms with Gasteiger partial charge in [0, 0.05) is 29.7 Å². The first-order valence-corrected chi connectivity index (χ1v) is 9.56. The van der Waals surface area contributed by atoms with Crippen LogP contribution >= 0.6 is 0 Å². The number of allylic oxidation sites excluding steroid dienone is 1. The smallest absolute Gasteiger partial charge is 0.207 e. The van der Waals surface area contributed by atoms with Crippen LogP contribution in [0.2, 0.25) is 0 Å². The van der Waals surface area contributed by atoms with Crippen LogP contribution in [-0.4, -0.2) is 27.7 Å². The van der Waals surface area contributed by atoms with Crippen molar-refractivity contribution >= 4 is 11.9 Å². The summed E-state index contributed by atoms with van der Waals surface area (Å²) in [5, 5.41) is 14.4. The summed E-state index contributed by atoms with van der Waals surface area (Å²) < 4.78 is 7.00. The van der Waals surface area contributed by atoms with Gasteiger partial charge in [-0.05, 0) is 42.5 Å². The second-order valence-electron chi connectivity index (χ2n) is 6.65. The Kier molecular flexibility index (Phi) is 5.68. The number of nitrogens with zero attached hydrogens (tertiary/aromatic N) is 4. The van der Waals surface area contributed by atoms with Crippen LogP contribution in [0.5, 0.6) is 5.75 Å². The number of ether oxygens (including phenoxy) is 1. The third-order valence-electron chi connectivity index (χ3n) is 4.71. The minimum Gasteiger partial charge on any atom is -0.496 e. The van der Waals surface area contributed by atoms with Crippen LogP contribution in [0, 0.1) is 11.3 Å². The number of nitriles is 1. The Labute approximate surface area is 179 Å². The van der Waals surface area contributed by atoms with E-state index in [4.69, 9.17) is 9.84 Å². The number of hydrogen-bond acceptors (Lipinski definition) is 5. The minimum atomic E-state index is -0.412. The molecule has 2 heterocycles. The third-order valence-corrected chi connectivity index (χ3v) is 4.71. The predicted octanol–water partition coefficient (Wildman–Crippen LogP) is 4.73. The summed E-state index contributed by atoms with van der Waals surface area (Å²) >= 11 is 0. The van der Waals surface area contributed by atoms with Crippen molar-refractivity contribution in [1.82, 2.24) is 14.8 Å². The Bertz CT molecular complexity index is 1290. The van der Waals surface area contributed by atoms with E-state index in [1.54, 1.807) is 53.6 Å². The maximum Gasteiger partial charge on any atom is 0.207 e. The molecule has 4 rings (SSSR count). The van der Waals surface area contributed by atoms with Gasteiger partial charge in [-0.3, -0.25) is 9.78 Å². The first-order valence-electron chi connectivity index (χ1n) is 9.56. The number of rotatable bonds is 6. The van der Waals surface area contributed by atoms with E-state index in [-0.39, 0.29) is 5.57 Å². The van der Waals surface area contributed by atoms with E-state index in [1.165, 1.54) is 7.11 Å². The van der Waals surface area contributed by atoms with Crippen molar-refractivity contribution in [2.75, 3.05) is 7.11 Å². The molecule has 0 unspecified atom stereocenters. The first-order chi connectivity index (χ1) is 15.2. The number of hydrogen-bond donors (Lipinski definition) is 0. The molecule has 0 aliphatic rings. The van der Waals surface area contributed by atoms with Crippen molar-refractivity contribution in [2.45, 2.75) is 0 Å². The number of ketones is 1. The average molecular weight is 406 g/mol. The van der Waals surface area contributed by atoms with Crippen molar-refractivity contribution in [3.63, 3.8) is 0 Å². The van der Waals surface area contributed by atoms with Crippen molar-refractivity contribution in [3.05, 3.63) is 102 Å². The zero-order valence-corrected chi connectivity index (χ0v) is 16.8. The summed E-state index contributed by atoms with van der Waals surface area (Å²) in [6.07, 6.45) is 6.73.